The standard InChI is InChI=1S/C25H31ClN2O6/c1-15(2)12-21(28-24(30)17-6-8-18(26)9-7-17)25(31)34-14-23(29)27-16(3)20-13-19(32-4)10-11-22(20)33-5/h6-11,13,15-16,21H,12,14H2,1-5H3,(H,27,29)(H,28,30). The number of carbonyl (C=O) groups excluding carboxylic acids is 3. The zero-order valence-electron chi connectivity index (χ0n) is 20.0. The number of nitrogens with one attached hydrogen (secondary N) is 2. The van der Waals surface area contributed by atoms with E-state index in [-0.39, 0.29) is 5.92 Å². The topological polar surface area (TPSA) is 103 Å². The first kappa shape index (κ1) is 27.0. The van der Waals surface area contributed by atoms with Gasteiger partial charge in [-0.3, -0.25) is 9.59 Å². The maximum absolute atomic E-state index is 12.7. The summed E-state index contributed by atoms with van der Waals surface area (Å²) in [4.78, 5) is 37.7. The van der Waals surface area contributed by atoms with Crippen LogP contribution in [0.1, 0.15) is 49.2 Å². The van der Waals surface area contributed by atoms with Gasteiger partial charge in [-0.15, -0.1) is 0 Å². The van der Waals surface area contributed by atoms with E-state index in [2.05, 4.69) is 10.6 Å². The lowest BCUT2D eigenvalue weighted by molar-refractivity contribution is -0.150. The smallest absolute Gasteiger partial charge is 0.329 e. The van der Waals surface area contributed by atoms with Gasteiger partial charge in [0, 0.05) is 16.1 Å². The fourth-order valence-corrected chi connectivity index (χ4v) is 3.43. The Labute approximate surface area is 204 Å². The minimum Gasteiger partial charge on any atom is -0.497 e. The van der Waals surface area contributed by atoms with Crippen LogP contribution >= 0.6 is 11.6 Å². The van der Waals surface area contributed by atoms with Crippen LogP contribution in [0, 0.1) is 5.92 Å². The third-order valence-corrected chi connectivity index (χ3v) is 5.28. The Morgan fingerprint density at radius 3 is 2.21 bits per heavy atom. The molecule has 0 bridgehead atoms. The predicted octanol–water partition coefficient (Wildman–Crippen LogP) is 3.92. The van der Waals surface area contributed by atoms with Crippen LogP contribution < -0.4 is 20.1 Å². The first-order valence-electron chi connectivity index (χ1n) is 10.9. The van der Waals surface area contributed by atoms with Crippen molar-refractivity contribution in [3.8, 4) is 11.5 Å². The molecule has 0 aliphatic carbocycles. The molecular formula is C25H31ClN2O6. The second-order valence-electron chi connectivity index (χ2n) is 8.17. The van der Waals surface area contributed by atoms with Crippen LogP contribution in [0.25, 0.3) is 0 Å². The molecule has 2 aromatic rings. The summed E-state index contributed by atoms with van der Waals surface area (Å²) in [5.41, 5.74) is 1.08. The van der Waals surface area contributed by atoms with Crippen molar-refractivity contribution in [2.45, 2.75) is 39.3 Å². The van der Waals surface area contributed by atoms with E-state index in [1.807, 2.05) is 13.8 Å². The third kappa shape index (κ3) is 7.95. The molecule has 184 valence electrons. The van der Waals surface area contributed by atoms with E-state index >= 15 is 0 Å². The van der Waals surface area contributed by atoms with Crippen LogP contribution in [-0.2, 0) is 14.3 Å². The molecule has 2 N–H and O–H groups in total. The van der Waals surface area contributed by atoms with Gasteiger partial charge in [0.2, 0.25) is 0 Å². The number of amides is 2. The molecule has 2 rings (SSSR count). The molecule has 0 saturated heterocycles. The molecule has 0 aliphatic rings. The molecule has 0 fully saturated rings. The van der Waals surface area contributed by atoms with E-state index in [9.17, 15) is 14.4 Å². The van der Waals surface area contributed by atoms with E-state index in [4.69, 9.17) is 25.8 Å². The van der Waals surface area contributed by atoms with Gasteiger partial charge < -0.3 is 24.8 Å². The van der Waals surface area contributed by atoms with Crippen LogP contribution in [0.2, 0.25) is 5.02 Å². The van der Waals surface area contributed by atoms with Crippen molar-refractivity contribution in [2.75, 3.05) is 20.8 Å². The third-order valence-electron chi connectivity index (χ3n) is 5.03. The van der Waals surface area contributed by atoms with Gasteiger partial charge >= 0.3 is 5.97 Å². The first-order chi connectivity index (χ1) is 16.1. The van der Waals surface area contributed by atoms with Crippen molar-refractivity contribution < 1.29 is 28.6 Å². The molecule has 8 nitrogen and oxygen atoms in total. The molecule has 0 heterocycles. The van der Waals surface area contributed by atoms with Gasteiger partial charge in [-0.05, 0) is 61.7 Å². The van der Waals surface area contributed by atoms with Crippen molar-refractivity contribution in [2.24, 2.45) is 5.92 Å². The molecule has 0 spiro atoms. The normalized spacial score (nSPS) is 12.4. The molecule has 0 aromatic heterocycles. The largest absolute Gasteiger partial charge is 0.497 e. The predicted molar refractivity (Wildman–Crippen MR) is 129 cm³/mol. The van der Waals surface area contributed by atoms with E-state index in [0.29, 0.717) is 28.5 Å². The van der Waals surface area contributed by atoms with Crippen LogP contribution in [0.3, 0.4) is 0 Å². The summed E-state index contributed by atoms with van der Waals surface area (Å²) >= 11 is 5.86. The van der Waals surface area contributed by atoms with Crippen molar-refractivity contribution in [3.05, 3.63) is 58.6 Å². The minimum absolute atomic E-state index is 0.109. The molecule has 34 heavy (non-hydrogen) atoms. The number of hydrogen-bond donors (Lipinski definition) is 2. The Hall–Kier alpha value is -3.26. The average molecular weight is 491 g/mol. The second-order valence-corrected chi connectivity index (χ2v) is 8.60. The Kier molecular flexibility index (Phi) is 10.2. The van der Waals surface area contributed by atoms with Gasteiger partial charge in [-0.25, -0.2) is 4.79 Å². The van der Waals surface area contributed by atoms with Crippen molar-refractivity contribution >= 4 is 29.4 Å². The van der Waals surface area contributed by atoms with Crippen LogP contribution in [0.15, 0.2) is 42.5 Å². The summed E-state index contributed by atoms with van der Waals surface area (Å²) in [6.45, 7) is 5.14. The van der Waals surface area contributed by atoms with Gasteiger partial charge in [0.25, 0.3) is 11.8 Å². The van der Waals surface area contributed by atoms with Gasteiger partial charge in [0.15, 0.2) is 6.61 Å². The number of methoxy groups -OCH3 is 2. The maximum atomic E-state index is 12.7. The Balaban J connectivity index is 1.98. The average Bonchev–Trinajstić information content (AvgIpc) is 2.81. The van der Waals surface area contributed by atoms with Gasteiger partial charge in [-0.2, -0.15) is 0 Å². The Morgan fingerprint density at radius 2 is 1.62 bits per heavy atom. The summed E-state index contributed by atoms with van der Waals surface area (Å²) in [5.74, 6) is -0.278. The van der Waals surface area contributed by atoms with E-state index in [0.717, 1.165) is 5.56 Å². The molecule has 0 aliphatic heterocycles. The highest BCUT2D eigenvalue weighted by atomic mass is 35.5. The van der Waals surface area contributed by atoms with Crippen LogP contribution in [-0.4, -0.2) is 44.7 Å². The SMILES string of the molecule is COc1ccc(OC)c(C(C)NC(=O)COC(=O)C(CC(C)C)NC(=O)c2ccc(Cl)cc2)c1. The van der Waals surface area contributed by atoms with E-state index in [1.54, 1.807) is 56.5 Å². The Morgan fingerprint density at radius 1 is 0.941 bits per heavy atom. The molecule has 2 atom stereocenters. The van der Waals surface area contributed by atoms with Crippen molar-refractivity contribution in [3.63, 3.8) is 0 Å². The molecule has 2 amide bonds. The second kappa shape index (κ2) is 12.8. The molecular weight excluding hydrogens is 460 g/mol. The number of benzene rings is 2. The summed E-state index contributed by atoms with van der Waals surface area (Å²) in [6.07, 6.45) is 0.358. The summed E-state index contributed by atoms with van der Waals surface area (Å²) in [5, 5.41) is 5.96. The highest BCUT2D eigenvalue weighted by Gasteiger charge is 2.25. The lowest BCUT2D eigenvalue weighted by Crippen LogP contribution is -2.43. The fourth-order valence-electron chi connectivity index (χ4n) is 3.30. The zero-order valence-corrected chi connectivity index (χ0v) is 20.8. The van der Waals surface area contributed by atoms with Crippen molar-refractivity contribution in [1.29, 1.82) is 0 Å². The number of halogens is 1. The number of hydrogen-bond acceptors (Lipinski definition) is 6. The molecule has 0 saturated carbocycles. The van der Waals surface area contributed by atoms with E-state index < -0.39 is 36.5 Å². The highest BCUT2D eigenvalue weighted by Crippen LogP contribution is 2.29. The summed E-state index contributed by atoms with van der Waals surface area (Å²) in [6, 6.07) is 10.3. The highest BCUT2D eigenvalue weighted by molar-refractivity contribution is 6.30. The van der Waals surface area contributed by atoms with Crippen molar-refractivity contribution in [1.82, 2.24) is 10.6 Å². The fraction of sp³-hybridized carbons (Fsp3) is 0.400. The Bertz CT molecular complexity index is 993. The lowest BCUT2D eigenvalue weighted by atomic mass is 10.0. The number of esters is 1. The van der Waals surface area contributed by atoms with Gasteiger partial charge in [-0.1, -0.05) is 25.4 Å². The lowest BCUT2D eigenvalue weighted by Gasteiger charge is -2.20. The van der Waals surface area contributed by atoms with Crippen LogP contribution in [0.5, 0.6) is 11.5 Å². The quantitative estimate of drug-likeness (QED) is 0.463. The van der Waals surface area contributed by atoms with E-state index in [1.165, 1.54) is 7.11 Å². The molecule has 2 aromatic carbocycles. The van der Waals surface area contributed by atoms with Crippen LogP contribution in [0.4, 0.5) is 0 Å². The molecule has 0 radical (unpaired) electrons. The summed E-state index contributed by atoms with van der Waals surface area (Å²) in [7, 11) is 3.09. The maximum Gasteiger partial charge on any atom is 0.329 e. The van der Waals surface area contributed by atoms with Gasteiger partial charge in [0.1, 0.15) is 17.5 Å². The zero-order chi connectivity index (χ0) is 25.3. The first-order valence-corrected chi connectivity index (χ1v) is 11.3. The molecule has 2 unspecified atom stereocenters. The monoisotopic (exact) mass is 490 g/mol. The number of rotatable bonds is 11. The summed E-state index contributed by atoms with van der Waals surface area (Å²) < 4.78 is 15.8. The minimum atomic E-state index is -0.896. The number of carbonyl (C=O) groups is 3. The molecule has 9 heteroatoms. The van der Waals surface area contributed by atoms with Gasteiger partial charge in [0.05, 0.1) is 20.3 Å². The number of ether oxygens (including phenoxy) is 3.